The molecule has 1 saturated carbocycles. The second-order valence-electron chi connectivity index (χ2n) is 5.58. The summed E-state index contributed by atoms with van der Waals surface area (Å²) in [6.45, 7) is 0. The molecule has 1 amide bonds. The minimum Gasteiger partial charge on any atom is -0.393 e. The van der Waals surface area contributed by atoms with Crippen LogP contribution in [0, 0.1) is 5.92 Å². The van der Waals surface area contributed by atoms with Gasteiger partial charge < -0.3 is 15.4 Å². The Bertz CT molecular complexity index is 712. The van der Waals surface area contributed by atoms with Gasteiger partial charge in [0.15, 0.2) is 0 Å². The van der Waals surface area contributed by atoms with Crippen LogP contribution >= 0.6 is 0 Å². The molecule has 0 saturated heterocycles. The number of aromatic amines is 1. The first-order valence-corrected chi connectivity index (χ1v) is 7.05. The van der Waals surface area contributed by atoms with Crippen LogP contribution in [-0.2, 0) is 7.05 Å². The van der Waals surface area contributed by atoms with Crippen LogP contribution in [0.1, 0.15) is 34.9 Å². The molecule has 1 atom stereocenters. The number of aryl methyl sites for hydroxylation is 1. The highest BCUT2D eigenvalue weighted by Gasteiger charge is 2.36. The molecule has 3 N–H and O–H groups in total. The fourth-order valence-electron chi connectivity index (χ4n) is 2.66. The second kappa shape index (κ2) is 5.72. The standard InChI is InChI=1S/C14H17N5O3/c1-19-7-9(4-17-19)13(8-2-10(20)3-8)18-14(22)11-5-16-12(21)6-15-11/h4-8,10,13,20H,2-3H2,1H3,(H,16,21)(H,18,22)/t8?,10?,13-/m0/s1. The summed E-state index contributed by atoms with van der Waals surface area (Å²) in [7, 11) is 1.81. The lowest BCUT2D eigenvalue weighted by Crippen LogP contribution is -2.41. The van der Waals surface area contributed by atoms with E-state index in [2.05, 4.69) is 20.4 Å². The highest BCUT2D eigenvalue weighted by molar-refractivity contribution is 5.92. The third-order valence-corrected chi connectivity index (χ3v) is 3.90. The van der Waals surface area contributed by atoms with Crippen molar-refractivity contribution in [2.45, 2.75) is 25.0 Å². The van der Waals surface area contributed by atoms with E-state index in [0.29, 0.717) is 12.8 Å². The Balaban J connectivity index is 1.79. The quantitative estimate of drug-likeness (QED) is 0.720. The number of nitrogens with zero attached hydrogens (tertiary/aromatic N) is 3. The maximum Gasteiger partial charge on any atom is 0.271 e. The highest BCUT2D eigenvalue weighted by Crippen LogP contribution is 2.38. The number of carbonyl (C=O) groups excluding carboxylic acids is 1. The molecule has 1 aliphatic carbocycles. The molecule has 2 aromatic heterocycles. The minimum atomic E-state index is -0.369. The van der Waals surface area contributed by atoms with Crippen molar-refractivity contribution >= 4 is 5.91 Å². The number of aliphatic hydroxyl groups is 1. The molecule has 0 aliphatic heterocycles. The zero-order valence-corrected chi connectivity index (χ0v) is 12.1. The van der Waals surface area contributed by atoms with Gasteiger partial charge in [0.05, 0.1) is 24.5 Å². The maximum absolute atomic E-state index is 12.3. The summed E-state index contributed by atoms with van der Waals surface area (Å²) in [6, 6.07) is -0.238. The average molecular weight is 303 g/mol. The van der Waals surface area contributed by atoms with Gasteiger partial charge in [-0.25, -0.2) is 4.98 Å². The van der Waals surface area contributed by atoms with Crippen LogP contribution in [0.25, 0.3) is 0 Å². The zero-order valence-electron chi connectivity index (χ0n) is 12.1. The molecular weight excluding hydrogens is 286 g/mol. The van der Waals surface area contributed by atoms with Gasteiger partial charge in [0.25, 0.3) is 11.5 Å². The number of nitrogens with one attached hydrogen (secondary N) is 2. The summed E-state index contributed by atoms with van der Waals surface area (Å²) < 4.78 is 1.67. The Kier molecular flexibility index (Phi) is 3.76. The third-order valence-electron chi connectivity index (χ3n) is 3.90. The van der Waals surface area contributed by atoms with Crippen LogP contribution in [0.2, 0.25) is 0 Å². The van der Waals surface area contributed by atoms with E-state index in [1.54, 1.807) is 10.9 Å². The molecule has 0 bridgehead atoms. The number of carbonyl (C=O) groups is 1. The van der Waals surface area contributed by atoms with Crippen LogP contribution < -0.4 is 10.9 Å². The van der Waals surface area contributed by atoms with Gasteiger partial charge in [0, 0.05) is 25.0 Å². The highest BCUT2D eigenvalue weighted by atomic mass is 16.3. The summed E-state index contributed by atoms with van der Waals surface area (Å²) in [5.41, 5.74) is 0.674. The zero-order chi connectivity index (χ0) is 15.7. The van der Waals surface area contributed by atoms with Crippen LogP contribution in [-0.4, -0.2) is 36.9 Å². The Morgan fingerprint density at radius 3 is 2.82 bits per heavy atom. The van der Waals surface area contributed by atoms with Crippen molar-refractivity contribution in [1.29, 1.82) is 0 Å². The fourth-order valence-corrected chi connectivity index (χ4v) is 2.66. The Labute approximate surface area is 126 Å². The molecule has 0 unspecified atom stereocenters. The summed E-state index contributed by atoms with van der Waals surface area (Å²) in [4.78, 5) is 29.5. The molecule has 1 fully saturated rings. The van der Waals surface area contributed by atoms with E-state index in [4.69, 9.17) is 0 Å². The van der Waals surface area contributed by atoms with E-state index in [9.17, 15) is 14.7 Å². The van der Waals surface area contributed by atoms with Crippen LogP contribution in [0.3, 0.4) is 0 Å². The smallest absolute Gasteiger partial charge is 0.271 e. The first kappa shape index (κ1) is 14.5. The summed E-state index contributed by atoms with van der Waals surface area (Å²) in [5.74, 6) is -0.211. The van der Waals surface area contributed by atoms with Gasteiger partial charge in [-0.3, -0.25) is 14.3 Å². The average Bonchev–Trinajstić information content (AvgIpc) is 2.89. The third kappa shape index (κ3) is 2.91. The molecule has 1 aliphatic rings. The van der Waals surface area contributed by atoms with Gasteiger partial charge in [0.1, 0.15) is 5.69 Å². The van der Waals surface area contributed by atoms with Gasteiger partial charge in [-0.05, 0) is 18.8 Å². The number of H-pyrrole nitrogens is 1. The number of rotatable bonds is 4. The lowest BCUT2D eigenvalue weighted by atomic mass is 9.75. The summed E-state index contributed by atoms with van der Waals surface area (Å²) in [5, 5.41) is 16.6. The van der Waals surface area contributed by atoms with Crippen molar-refractivity contribution in [1.82, 2.24) is 25.1 Å². The van der Waals surface area contributed by atoms with Gasteiger partial charge in [-0.1, -0.05) is 0 Å². The van der Waals surface area contributed by atoms with Crippen LogP contribution in [0.5, 0.6) is 0 Å². The predicted octanol–water partition coefficient (Wildman–Crippen LogP) is -0.255. The first-order chi connectivity index (χ1) is 10.5. The maximum atomic E-state index is 12.3. The number of aromatic nitrogens is 4. The van der Waals surface area contributed by atoms with Crippen molar-refractivity contribution in [3.63, 3.8) is 0 Å². The topological polar surface area (TPSA) is 113 Å². The van der Waals surface area contributed by atoms with Crippen molar-refractivity contribution in [2.75, 3.05) is 0 Å². The lowest BCUT2D eigenvalue weighted by molar-refractivity contribution is 0.0234. The largest absolute Gasteiger partial charge is 0.393 e. The molecule has 8 heteroatoms. The van der Waals surface area contributed by atoms with E-state index in [-0.39, 0.29) is 35.2 Å². The minimum absolute atomic E-state index is 0.147. The van der Waals surface area contributed by atoms with Gasteiger partial charge in [-0.15, -0.1) is 0 Å². The van der Waals surface area contributed by atoms with Crippen LogP contribution in [0.4, 0.5) is 0 Å². The van der Waals surface area contributed by atoms with Crippen molar-refractivity contribution in [3.8, 4) is 0 Å². The molecule has 8 nitrogen and oxygen atoms in total. The lowest BCUT2D eigenvalue weighted by Gasteiger charge is -2.37. The SMILES string of the molecule is Cn1cc([C@@H](NC(=O)c2c[nH]c(=O)cn2)C2CC(O)C2)cn1. The molecule has 2 aromatic rings. The Hall–Kier alpha value is -2.48. The van der Waals surface area contributed by atoms with Crippen molar-refractivity contribution in [2.24, 2.45) is 13.0 Å². The van der Waals surface area contributed by atoms with E-state index in [1.165, 1.54) is 6.20 Å². The fraction of sp³-hybridized carbons (Fsp3) is 0.429. The molecule has 0 radical (unpaired) electrons. The number of hydrogen-bond donors (Lipinski definition) is 3. The van der Waals surface area contributed by atoms with Gasteiger partial charge in [0.2, 0.25) is 0 Å². The second-order valence-corrected chi connectivity index (χ2v) is 5.58. The normalized spacial score (nSPS) is 21.9. The summed E-state index contributed by atoms with van der Waals surface area (Å²) in [6.07, 6.45) is 6.87. The van der Waals surface area contributed by atoms with E-state index < -0.39 is 0 Å². The Morgan fingerprint density at radius 2 is 2.27 bits per heavy atom. The molecule has 3 rings (SSSR count). The Morgan fingerprint density at radius 1 is 1.50 bits per heavy atom. The molecule has 2 heterocycles. The summed E-state index contributed by atoms with van der Waals surface area (Å²) >= 11 is 0. The first-order valence-electron chi connectivity index (χ1n) is 7.05. The van der Waals surface area contributed by atoms with Crippen molar-refractivity contribution in [3.05, 3.63) is 46.4 Å². The monoisotopic (exact) mass is 303 g/mol. The van der Waals surface area contributed by atoms with Crippen LogP contribution in [0.15, 0.2) is 29.6 Å². The predicted molar refractivity (Wildman–Crippen MR) is 77.0 cm³/mol. The molecule has 22 heavy (non-hydrogen) atoms. The molecule has 0 aromatic carbocycles. The van der Waals surface area contributed by atoms with Crippen molar-refractivity contribution < 1.29 is 9.90 Å². The van der Waals surface area contributed by atoms with E-state index in [1.807, 2.05) is 13.2 Å². The molecule has 116 valence electrons. The van der Waals surface area contributed by atoms with E-state index in [0.717, 1.165) is 11.8 Å². The van der Waals surface area contributed by atoms with E-state index >= 15 is 0 Å². The van der Waals surface area contributed by atoms with Gasteiger partial charge >= 0.3 is 0 Å². The number of amides is 1. The number of hydrogen-bond acceptors (Lipinski definition) is 5. The molecule has 0 spiro atoms. The van der Waals surface area contributed by atoms with Gasteiger partial charge in [-0.2, -0.15) is 5.10 Å². The molecular formula is C14H17N5O3. The number of aliphatic hydroxyl groups excluding tert-OH is 1.